The highest BCUT2D eigenvalue weighted by Gasteiger charge is 2.43. The standard InChI is InChI=1S/C25H24FNO4/c1-16-22(25(29)31-14-13-30-19-9-3-2-4-10-19)23(17-7-5-8-18(26)15-17)24-20(27-16)11-6-12-21(24)28/h2-5,7-10,15,22-23H,6,11-14H2,1H3/t22?,23-/m1/s1. The van der Waals surface area contributed by atoms with Crippen molar-refractivity contribution >= 4 is 17.5 Å². The number of ether oxygens (including phenoxy) is 2. The van der Waals surface area contributed by atoms with Crippen molar-refractivity contribution in [2.45, 2.75) is 32.1 Å². The molecule has 6 heteroatoms. The van der Waals surface area contributed by atoms with Crippen molar-refractivity contribution in [3.8, 4) is 5.75 Å². The molecule has 0 saturated heterocycles. The van der Waals surface area contributed by atoms with Gasteiger partial charge in [-0.05, 0) is 49.6 Å². The Labute approximate surface area is 180 Å². The number of ketones is 1. The fraction of sp³-hybridized carbons (Fsp3) is 0.320. The van der Waals surface area contributed by atoms with Crippen molar-refractivity contribution in [3.63, 3.8) is 0 Å². The van der Waals surface area contributed by atoms with E-state index in [2.05, 4.69) is 4.99 Å². The van der Waals surface area contributed by atoms with Crippen LogP contribution in [0.2, 0.25) is 0 Å². The Morgan fingerprint density at radius 2 is 1.90 bits per heavy atom. The van der Waals surface area contributed by atoms with Gasteiger partial charge in [-0.1, -0.05) is 30.3 Å². The average Bonchev–Trinajstić information content (AvgIpc) is 2.76. The SMILES string of the molecule is CC1=NC2=C(C(=O)CCC2)[C@H](c2cccc(F)c2)C1C(=O)OCCOc1ccccc1. The van der Waals surface area contributed by atoms with Crippen LogP contribution in [0, 0.1) is 11.7 Å². The lowest BCUT2D eigenvalue weighted by Gasteiger charge is -2.34. The molecule has 31 heavy (non-hydrogen) atoms. The lowest BCUT2D eigenvalue weighted by Crippen LogP contribution is -2.37. The molecule has 4 rings (SSSR count). The summed E-state index contributed by atoms with van der Waals surface area (Å²) >= 11 is 0. The van der Waals surface area contributed by atoms with E-state index in [-0.39, 0.29) is 19.0 Å². The summed E-state index contributed by atoms with van der Waals surface area (Å²) in [5, 5.41) is 0. The van der Waals surface area contributed by atoms with Crippen LogP contribution < -0.4 is 4.74 Å². The van der Waals surface area contributed by atoms with Gasteiger partial charge < -0.3 is 9.47 Å². The molecule has 160 valence electrons. The van der Waals surface area contributed by atoms with Crippen LogP contribution in [0.25, 0.3) is 0 Å². The Morgan fingerprint density at radius 1 is 1.10 bits per heavy atom. The third-order valence-electron chi connectivity index (χ3n) is 5.64. The van der Waals surface area contributed by atoms with Gasteiger partial charge in [0.2, 0.25) is 0 Å². The van der Waals surface area contributed by atoms with Crippen molar-refractivity contribution in [1.82, 2.24) is 0 Å². The van der Waals surface area contributed by atoms with E-state index < -0.39 is 23.6 Å². The average molecular weight is 421 g/mol. The molecule has 0 saturated carbocycles. The van der Waals surface area contributed by atoms with Gasteiger partial charge in [-0.3, -0.25) is 14.6 Å². The summed E-state index contributed by atoms with van der Waals surface area (Å²) in [4.78, 5) is 30.5. The molecule has 0 fully saturated rings. The summed E-state index contributed by atoms with van der Waals surface area (Å²) < 4.78 is 25.1. The van der Waals surface area contributed by atoms with Gasteiger partial charge in [-0.15, -0.1) is 0 Å². The van der Waals surface area contributed by atoms with Gasteiger partial charge in [-0.25, -0.2) is 4.39 Å². The third-order valence-corrected chi connectivity index (χ3v) is 5.64. The molecule has 2 aliphatic rings. The van der Waals surface area contributed by atoms with Crippen molar-refractivity contribution < 1.29 is 23.5 Å². The first-order valence-corrected chi connectivity index (χ1v) is 10.5. The minimum atomic E-state index is -0.778. The van der Waals surface area contributed by atoms with Crippen molar-refractivity contribution in [2.24, 2.45) is 10.9 Å². The second-order valence-electron chi connectivity index (χ2n) is 7.73. The summed E-state index contributed by atoms with van der Waals surface area (Å²) in [6.45, 7) is 2.03. The molecule has 1 aliphatic carbocycles. The number of carbonyl (C=O) groups is 2. The number of aliphatic imine (C=N–C) groups is 1. The largest absolute Gasteiger partial charge is 0.490 e. The molecule has 1 unspecified atom stereocenters. The van der Waals surface area contributed by atoms with E-state index in [1.54, 1.807) is 19.1 Å². The molecule has 0 aromatic heterocycles. The summed E-state index contributed by atoms with van der Waals surface area (Å²) in [6.07, 6.45) is 1.82. The molecule has 5 nitrogen and oxygen atoms in total. The van der Waals surface area contributed by atoms with Crippen LogP contribution in [0.5, 0.6) is 5.75 Å². The summed E-state index contributed by atoms with van der Waals surface area (Å²) in [7, 11) is 0. The zero-order chi connectivity index (χ0) is 21.8. The lowest BCUT2D eigenvalue weighted by atomic mass is 9.72. The second-order valence-corrected chi connectivity index (χ2v) is 7.73. The van der Waals surface area contributed by atoms with E-state index in [9.17, 15) is 14.0 Å². The molecule has 0 radical (unpaired) electrons. The topological polar surface area (TPSA) is 65.0 Å². The number of hydrogen-bond donors (Lipinski definition) is 0. The van der Waals surface area contributed by atoms with Gasteiger partial charge in [-0.2, -0.15) is 0 Å². The van der Waals surface area contributed by atoms with Crippen LogP contribution in [0.3, 0.4) is 0 Å². The molecule has 2 atom stereocenters. The van der Waals surface area contributed by atoms with E-state index in [4.69, 9.17) is 9.47 Å². The predicted molar refractivity (Wildman–Crippen MR) is 115 cm³/mol. The number of Topliss-reactive ketones (excluding diaryl/α,β-unsaturated/α-hetero) is 1. The van der Waals surface area contributed by atoms with Gasteiger partial charge >= 0.3 is 5.97 Å². The minimum absolute atomic E-state index is 0.0306. The molecule has 0 N–H and O–H groups in total. The Bertz CT molecular complexity index is 1040. The molecule has 0 spiro atoms. The minimum Gasteiger partial charge on any atom is -0.490 e. The Morgan fingerprint density at radius 3 is 2.68 bits per heavy atom. The molecule has 1 heterocycles. The van der Waals surface area contributed by atoms with Crippen molar-refractivity contribution in [3.05, 3.63) is 77.2 Å². The van der Waals surface area contributed by atoms with Crippen molar-refractivity contribution in [2.75, 3.05) is 13.2 Å². The smallest absolute Gasteiger partial charge is 0.315 e. The van der Waals surface area contributed by atoms with Gasteiger partial charge in [0, 0.05) is 29.3 Å². The number of para-hydroxylation sites is 1. The van der Waals surface area contributed by atoms with Gasteiger partial charge in [0.15, 0.2) is 5.78 Å². The normalized spacial score (nSPS) is 20.7. The highest BCUT2D eigenvalue weighted by atomic mass is 19.1. The number of nitrogens with zero attached hydrogens (tertiary/aromatic N) is 1. The fourth-order valence-corrected chi connectivity index (χ4v) is 4.28. The van der Waals surface area contributed by atoms with Gasteiger partial charge in [0.25, 0.3) is 0 Å². The quantitative estimate of drug-likeness (QED) is 0.504. The second kappa shape index (κ2) is 9.25. The van der Waals surface area contributed by atoms with Crippen LogP contribution in [-0.4, -0.2) is 30.7 Å². The van der Waals surface area contributed by atoms with Gasteiger partial charge in [0.05, 0.1) is 0 Å². The molecule has 1 aliphatic heterocycles. The monoisotopic (exact) mass is 421 g/mol. The maximum atomic E-state index is 14.0. The fourth-order valence-electron chi connectivity index (χ4n) is 4.28. The maximum Gasteiger partial charge on any atom is 0.315 e. The van der Waals surface area contributed by atoms with Gasteiger partial charge in [0.1, 0.15) is 30.7 Å². The van der Waals surface area contributed by atoms with E-state index in [1.807, 2.05) is 30.3 Å². The zero-order valence-electron chi connectivity index (χ0n) is 17.3. The summed E-state index contributed by atoms with van der Waals surface area (Å²) in [5.41, 5.74) is 2.39. The number of hydrogen-bond acceptors (Lipinski definition) is 5. The number of rotatable bonds is 6. The Kier molecular flexibility index (Phi) is 6.26. The summed E-state index contributed by atoms with van der Waals surface area (Å²) in [6, 6.07) is 15.3. The van der Waals surface area contributed by atoms with E-state index >= 15 is 0 Å². The Hall–Kier alpha value is -3.28. The molecular formula is C25H24FNO4. The first-order chi connectivity index (χ1) is 15.0. The number of allylic oxidation sites excluding steroid dienone is 2. The zero-order valence-corrected chi connectivity index (χ0v) is 17.3. The van der Waals surface area contributed by atoms with E-state index in [0.717, 1.165) is 6.42 Å². The molecule has 2 aromatic carbocycles. The molecule has 0 bridgehead atoms. The molecule has 0 amide bonds. The maximum absolute atomic E-state index is 14.0. The third kappa shape index (κ3) is 4.58. The van der Waals surface area contributed by atoms with Crippen LogP contribution >= 0.6 is 0 Å². The number of benzene rings is 2. The number of carbonyl (C=O) groups excluding carboxylic acids is 2. The molecule has 2 aromatic rings. The highest BCUT2D eigenvalue weighted by molar-refractivity contribution is 6.08. The lowest BCUT2D eigenvalue weighted by molar-refractivity contribution is -0.147. The highest BCUT2D eigenvalue weighted by Crippen LogP contribution is 2.43. The van der Waals surface area contributed by atoms with Crippen LogP contribution in [0.15, 0.2) is 70.9 Å². The predicted octanol–water partition coefficient (Wildman–Crippen LogP) is 4.63. The van der Waals surface area contributed by atoms with Crippen molar-refractivity contribution in [1.29, 1.82) is 0 Å². The molecular weight excluding hydrogens is 397 g/mol. The number of halogens is 1. The van der Waals surface area contributed by atoms with Crippen LogP contribution in [0.4, 0.5) is 4.39 Å². The number of esters is 1. The Balaban J connectivity index is 1.55. The summed E-state index contributed by atoms with van der Waals surface area (Å²) in [5.74, 6) is -1.62. The van der Waals surface area contributed by atoms with E-state index in [0.29, 0.717) is 41.1 Å². The van der Waals surface area contributed by atoms with Crippen LogP contribution in [-0.2, 0) is 14.3 Å². The van der Waals surface area contributed by atoms with E-state index in [1.165, 1.54) is 12.1 Å². The first-order valence-electron chi connectivity index (χ1n) is 10.5. The van der Waals surface area contributed by atoms with Crippen LogP contribution in [0.1, 0.15) is 37.7 Å². The first kappa shape index (κ1) is 21.0.